The SMILES string of the molecule is CN(C)c1ccc(CN(Cc2ccccc2)Cc2ccc(N(C)C)cc2)cc1.CN(C)c1ccc(C[NH+](Cc2ccccc2)Cc2ccc(N(C)C)cc2)cc1.CS(=O)(=O)O.CS(=O)(=O)[O-]. The first kappa shape index (κ1) is 54.6. The molecule has 0 aromatic heterocycles. The van der Waals surface area contributed by atoms with Crippen LogP contribution in [0, 0.1) is 0 Å². The van der Waals surface area contributed by atoms with Gasteiger partial charge in [-0.05, 0) is 65.2 Å². The molecular formula is C52H70N6O6S2. The van der Waals surface area contributed by atoms with E-state index in [-0.39, 0.29) is 0 Å². The fraction of sp³-hybridized carbons (Fsp3) is 0.308. The molecule has 0 aliphatic carbocycles. The van der Waals surface area contributed by atoms with E-state index in [0.29, 0.717) is 12.5 Å². The van der Waals surface area contributed by atoms with Gasteiger partial charge in [0.15, 0.2) is 0 Å². The number of anilines is 4. The molecule has 6 aromatic rings. The second-order valence-corrected chi connectivity index (χ2v) is 20.0. The van der Waals surface area contributed by atoms with E-state index in [0.717, 1.165) is 39.3 Å². The second kappa shape index (κ2) is 27.0. The van der Waals surface area contributed by atoms with Crippen molar-refractivity contribution in [3.63, 3.8) is 0 Å². The molecule has 12 nitrogen and oxygen atoms in total. The van der Waals surface area contributed by atoms with E-state index in [4.69, 9.17) is 17.5 Å². The van der Waals surface area contributed by atoms with Crippen molar-refractivity contribution < 1.29 is 30.8 Å². The minimum atomic E-state index is -3.92. The van der Waals surface area contributed by atoms with Crippen LogP contribution < -0.4 is 24.5 Å². The zero-order chi connectivity index (χ0) is 48.9. The number of benzene rings is 6. The molecule has 0 spiro atoms. The van der Waals surface area contributed by atoms with Crippen molar-refractivity contribution in [1.29, 1.82) is 0 Å². The van der Waals surface area contributed by atoms with Crippen molar-refractivity contribution in [2.24, 2.45) is 0 Å². The Bertz CT molecular complexity index is 2190. The van der Waals surface area contributed by atoms with Gasteiger partial charge in [-0.1, -0.05) is 109 Å². The molecule has 0 saturated heterocycles. The van der Waals surface area contributed by atoms with Crippen LogP contribution in [-0.4, -0.2) is 99.7 Å². The highest BCUT2D eigenvalue weighted by molar-refractivity contribution is 7.85. The molecule has 0 amide bonds. The van der Waals surface area contributed by atoms with E-state index >= 15 is 0 Å². The van der Waals surface area contributed by atoms with Gasteiger partial charge >= 0.3 is 0 Å². The molecule has 0 heterocycles. The molecule has 356 valence electrons. The molecule has 0 unspecified atom stereocenters. The Morgan fingerprint density at radius 2 is 0.591 bits per heavy atom. The summed E-state index contributed by atoms with van der Waals surface area (Å²) in [6, 6.07) is 57.1. The maximum atomic E-state index is 9.19. The quantitative estimate of drug-likeness (QED) is 0.0950. The predicted octanol–water partition coefficient (Wildman–Crippen LogP) is 7.29. The number of nitrogens with one attached hydrogen (secondary N) is 1. The third kappa shape index (κ3) is 23.4. The lowest BCUT2D eigenvalue weighted by atomic mass is 10.1. The largest absolute Gasteiger partial charge is 0.748 e. The molecular weight excluding hydrogens is 869 g/mol. The number of nitrogens with zero attached hydrogens (tertiary/aromatic N) is 5. The Balaban J connectivity index is 0.000000291. The van der Waals surface area contributed by atoms with Gasteiger partial charge in [-0.25, -0.2) is 8.42 Å². The van der Waals surface area contributed by atoms with Gasteiger partial charge in [0.25, 0.3) is 10.1 Å². The van der Waals surface area contributed by atoms with Gasteiger partial charge in [-0.2, -0.15) is 8.42 Å². The maximum absolute atomic E-state index is 9.19. The van der Waals surface area contributed by atoms with Crippen LogP contribution in [0.3, 0.4) is 0 Å². The molecule has 66 heavy (non-hydrogen) atoms. The Hall–Kier alpha value is -5.74. The summed E-state index contributed by atoms with van der Waals surface area (Å²) in [5.41, 5.74) is 13.1. The van der Waals surface area contributed by atoms with Crippen molar-refractivity contribution in [3.05, 3.63) is 191 Å². The zero-order valence-electron chi connectivity index (χ0n) is 40.3. The number of quaternary nitrogens is 1. The molecule has 0 saturated carbocycles. The Morgan fingerprint density at radius 3 is 0.833 bits per heavy atom. The number of hydrogen-bond acceptors (Lipinski definition) is 10. The Kier molecular flexibility index (Phi) is 22.4. The molecule has 0 aliphatic rings. The summed E-state index contributed by atoms with van der Waals surface area (Å²) < 4.78 is 53.1. The van der Waals surface area contributed by atoms with Crippen molar-refractivity contribution in [3.8, 4) is 0 Å². The van der Waals surface area contributed by atoms with E-state index in [1.165, 1.54) is 56.1 Å². The molecule has 0 bridgehead atoms. The van der Waals surface area contributed by atoms with E-state index in [2.05, 4.69) is 239 Å². The molecule has 0 radical (unpaired) electrons. The summed E-state index contributed by atoms with van der Waals surface area (Å²) in [6.45, 7) is 5.84. The van der Waals surface area contributed by atoms with Crippen LogP contribution in [0.5, 0.6) is 0 Å². The maximum Gasteiger partial charge on any atom is 0.261 e. The van der Waals surface area contributed by atoms with Crippen molar-refractivity contribution in [2.75, 3.05) is 88.5 Å². The number of hydrogen-bond donors (Lipinski definition) is 2. The topological polar surface area (TPSA) is 132 Å². The van der Waals surface area contributed by atoms with Crippen LogP contribution >= 0.6 is 0 Å². The van der Waals surface area contributed by atoms with Crippen LogP contribution in [0.2, 0.25) is 0 Å². The van der Waals surface area contributed by atoms with Crippen LogP contribution in [0.25, 0.3) is 0 Å². The molecule has 0 atom stereocenters. The van der Waals surface area contributed by atoms with Crippen molar-refractivity contribution in [1.82, 2.24) is 4.90 Å². The third-order valence-electron chi connectivity index (χ3n) is 10.1. The first-order chi connectivity index (χ1) is 31.0. The normalized spacial score (nSPS) is 11.0. The van der Waals surface area contributed by atoms with Gasteiger partial charge in [0.2, 0.25) is 0 Å². The number of rotatable bonds is 16. The highest BCUT2D eigenvalue weighted by atomic mass is 32.2. The predicted molar refractivity (Wildman–Crippen MR) is 274 cm³/mol. The van der Waals surface area contributed by atoms with Crippen LogP contribution in [0.1, 0.15) is 33.4 Å². The van der Waals surface area contributed by atoms with E-state index in [9.17, 15) is 8.42 Å². The van der Waals surface area contributed by atoms with E-state index < -0.39 is 20.2 Å². The summed E-state index contributed by atoms with van der Waals surface area (Å²) in [6.07, 6.45) is 1.32. The summed E-state index contributed by atoms with van der Waals surface area (Å²) in [4.78, 5) is 12.6. The lowest BCUT2D eigenvalue weighted by molar-refractivity contribution is -0.941. The van der Waals surface area contributed by atoms with E-state index in [1.54, 1.807) is 4.90 Å². The Labute approximate surface area is 395 Å². The first-order valence-electron chi connectivity index (χ1n) is 21.5. The van der Waals surface area contributed by atoms with Gasteiger partial charge in [0, 0.05) is 122 Å². The van der Waals surface area contributed by atoms with E-state index in [1.807, 2.05) is 0 Å². The summed E-state index contributed by atoms with van der Waals surface area (Å²) in [5, 5.41) is 0. The van der Waals surface area contributed by atoms with Gasteiger partial charge in [-0.15, -0.1) is 0 Å². The fourth-order valence-electron chi connectivity index (χ4n) is 6.80. The lowest BCUT2D eigenvalue weighted by Gasteiger charge is -2.24. The minimum Gasteiger partial charge on any atom is -0.748 e. The first-order valence-corrected chi connectivity index (χ1v) is 25.2. The van der Waals surface area contributed by atoms with Gasteiger partial charge in [0.1, 0.15) is 19.6 Å². The molecule has 6 aromatic carbocycles. The standard InChI is InChI=1S/2C25H31N3.2CH4O3S/c2*1-26(2)24-14-10-22(11-15-24)19-28(18-21-8-6-5-7-9-21)20-23-12-16-25(17-13-23)27(3)4;2*1-5(2,3)4/h2*5-17H,18-20H2,1-4H3;2*1H3,(H,2,3,4). The van der Waals surface area contributed by atoms with Gasteiger partial charge < -0.3 is 29.1 Å². The second-order valence-electron chi connectivity index (χ2n) is 17.1. The van der Waals surface area contributed by atoms with Crippen LogP contribution in [0.4, 0.5) is 22.7 Å². The van der Waals surface area contributed by atoms with Gasteiger partial charge in [-0.3, -0.25) is 9.45 Å². The minimum absolute atomic E-state index is 0.604. The third-order valence-corrected chi connectivity index (χ3v) is 10.1. The zero-order valence-corrected chi connectivity index (χ0v) is 41.9. The van der Waals surface area contributed by atoms with Crippen LogP contribution in [0.15, 0.2) is 158 Å². The van der Waals surface area contributed by atoms with Gasteiger partial charge in [0.05, 0.1) is 16.4 Å². The highest BCUT2D eigenvalue weighted by Gasteiger charge is 2.13. The Morgan fingerprint density at radius 1 is 0.394 bits per heavy atom. The molecule has 0 fully saturated rings. The summed E-state index contributed by atoms with van der Waals surface area (Å²) in [7, 11) is 9.06. The summed E-state index contributed by atoms with van der Waals surface area (Å²) in [5.74, 6) is 0. The van der Waals surface area contributed by atoms with Crippen molar-refractivity contribution in [2.45, 2.75) is 39.3 Å². The molecule has 6 rings (SSSR count). The fourth-order valence-corrected chi connectivity index (χ4v) is 6.80. The lowest BCUT2D eigenvalue weighted by Crippen LogP contribution is -3.08. The van der Waals surface area contributed by atoms with Crippen LogP contribution in [-0.2, 0) is 59.5 Å². The van der Waals surface area contributed by atoms with Crippen molar-refractivity contribution >= 4 is 43.0 Å². The molecule has 2 N–H and O–H groups in total. The summed E-state index contributed by atoms with van der Waals surface area (Å²) >= 11 is 0. The smallest absolute Gasteiger partial charge is 0.261 e. The molecule has 0 aliphatic heterocycles. The average Bonchev–Trinajstić information content (AvgIpc) is 3.24. The monoisotopic (exact) mass is 938 g/mol. The highest BCUT2D eigenvalue weighted by Crippen LogP contribution is 2.20. The average molecular weight is 939 g/mol. The molecule has 14 heteroatoms.